The Hall–Kier alpha value is -2.59. The van der Waals surface area contributed by atoms with Gasteiger partial charge in [-0.1, -0.05) is 30.3 Å². The van der Waals surface area contributed by atoms with Gasteiger partial charge in [-0.3, -0.25) is 9.69 Å². The third kappa shape index (κ3) is 5.19. The number of carbonyl (C=O) groups is 1. The third-order valence-corrected chi connectivity index (χ3v) is 5.66. The highest BCUT2D eigenvalue weighted by Gasteiger charge is 2.46. The minimum Gasteiger partial charge on any atom is -0.379 e. The lowest BCUT2D eigenvalue weighted by Gasteiger charge is -2.33. The third-order valence-electron chi connectivity index (χ3n) is 5.66. The molecule has 0 spiro atoms. The Kier molecular flexibility index (Phi) is 6.47. The fraction of sp³-hybridized carbons (Fsp3) is 0.524. The van der Waals surface area contributed by atoms with E-state index in [0.717, 1.165) is 36.3 Å². The average Bonchev–Trinajstić information content (AvgIpc) is 3.21. The molecule has 0 bridgehead atoms. The van der Waals surface area contributed by atoms with Crippen LogP contribution in [0.3, 0.4) is 0 Å². The number of aromatic nitrogens is 2. The van der Waals surface area contributed by atoms with Crippen molar-refractivity contribution in [3.05, 3.63) is 47.7 Å². The number of carbonyl (C=O) groups excluding carboxylic acids is 1. The van der Waals surface area contributed by atoms with Crippen molar-refractivity contribution in [3.63, 3.8) is 0 Å². The number of hydrogen-bond donors (Lipinski definition) is 2. The van der Waals surface area contributed by atoms with E-state index in [4.69, 9.17) is 4.74 Å². The van der Waals surface area contributed by atoms with Crippen LogP contribution in [0.4, 0.5) is 19.0 Å². The number of nitrogens with zero attached hydrogens (tertiary/aromatic N) is 3. The van der Waals surface area contributed by atoms with E-state index < -0.39 is 24.2 Å². The molecule has 2 aliphatic rings. The Morgan fingerprint density at radius 1 is 1.23 bits per heavy atom. The number of rotatable bonds is 6. The van der Waals surface area contributed by atoms with Crippen LogP contribution in [0.15, 0.2) is 36.4 Å². The van der Waals surface area contributed by atoms with Gasteiger partial charge in [-0.2, -0.15) is 18.3 Å². The van der Waals surface area contributed by atoms with Crippen LogP contribution < -0.4 is 10.6 Å². The van der Waals surface area contributed by atoms with Crippen molar-refractivity contribution in [2.75, 3.05) is 44.7 Å². The van der Waals surface area contributed by atoms with Crippen LogP contribution in [0.5, 0.6) is 0 Å². The summed E-state index contributed by atoms with van der Waals surface area (Å²) in [5.74, 6) is -0.274. The van der Waals surface area contributed by atoms with Gasteiger partial charge in [-0.25, -0.2) is 4.68 Å². The van der Waals surface area contributed by atoms with Gasteiger partial charge in [0.25, 0.3) is 5.91 Å². The summed E-state index contributed by atoms with van der Waals surface area (Å²) in [4.78, 5) is 14.7. The van der Waals surface area contributed by atoms with Crippen molar-refractivity contribution in [1.29, 1.82) is 0 Å². The molecule has 4 rings (SSSR count). The summed E-state index contributed by atoms with van der Waals surface area (Å²) in [6.07, 6.45) is -3.91. The SMILES string of the molecule is O=C(NCCCN1CCOCC1)c1cc2n(n1)[C@@H](C(F)(F)F)C[C@@H](c1ccccc1)N2. The zero-order valence-electron chi connectivity index (χ0n) is 17.1. The maximum atomic E-state index is 13.7. The van der Waals surface area contributed by atoms with Gasteiger partial charge in [-0.05, 0) is 18.5 Å². The van der Waals surface area contributed by atoms with Gasteiger partial charge in [-0.15, -0.1) is 0 Å². The molecule has 0 saturated carbocycles. The van der Waals surface area contributed by atoms with E-state index >= 15 is 0 Å². The molecule has 1 fully saturated rings. The standard InChI is InChI=1S/C21H26F3N5O2/c22-21(23,24)18-13-16(15-5-2-1-3-6-15)26-19-14-17(27-29(18)19)20(30)25-7-4-8-28-9-11-31-12-10-28/h1-3,5-6,14,16,18,26H,4,7-13H2,(H,25,30)/t16-,18+/m0/s1. The number of amides is 1. The van der Waals surface area contributed by atoms with Gasteiger partial charge in [0, 0.05) is 32.1 Å². The Morgan fingerprint density at radius 3 is 2.68 bits per heavy atom. The first kappa shape index (κ1) is 21.6. The van der Waals surface area contributed by atoms with Crippen molar-refractivity contribution in [1.82, 2.24) is 20.0 Å². The number of fused-ring (bicyclic) bond motifs is 1. The number of hydrogen-bond acceptors (Lipinski definition) is 5. The molecule has 31 heavy (non-hydrogen) atoms. The smallest absolute Gasteiger partial charge is 0.379 e. The maximum absolute atomic E-state index is 13.7. The summed E-state index contributed by atoms with van der Waals surface area (Å²) in [7, 11) is 0. The Balaban J connectivity index is 1.41. The molecule has 1 saturated heterocycles. The minimum atomic E-state index is -4.47. The van der Waals surface area contributed by atoms with Gasteiger partial charge in [0.2, 0.25) is 0 Å². The number of benzene rings is 1. The van der Waals surface area contributed by atoms with E-state index in [1.165, 1.54) is 6.07 Å². The molecule has 0 radical (unpaired) electrons. The molecule has 7 nitrogen and oxygen atoms in total. The van der Waals surface area contributed by atoms with Crippen LogP contribution in [0.25, 0.3) is 0 Å². The monoisotopic (exact) mass is 437 g/mol. The summed E-state index contributed by atoms with van der Waals surface area (Å²) < 4.78 is 47.4. The summed E-state index contributed by atoms with van der Waals surface area (Å²) in [6.45, 7) is 4.43. The molecule has 2 atom stereocenters. The highest BCUT2D eigenvalue weighted by Crippen LogP contribution is 2.43. The van der Waals surface area contributed by atoms with Crippen molar-refractivity contribution in [2.45, 2.75) is 31.1 Å². The first-order valence-corrected chi connectivity index (χ1v) is 10.5. The largest absolute Gasteiger partial charge is 0.410 e. The molecule has 3 heterocycles. The molecule has 2 aromatic rings. The molecule has 1 aromatic heterocycles. The zero-order chi connectivity index (χ0) is 21.8. The fourth-order valence-electron chi connectivity index (χ4n) is 4.01. The van der Waals surface area contributed by atoms with Crippen molar-refractivity contribution >= 4 is 11.7 Å². The van der Waals surface area contributed by atoms with Crippen LogP contribution in [-0.4, -0.2) is 66.2 Å². The van der Waals surface area contributed by atoms with Gasteiger partial charge >= 0.3 is 6.18 Å². The summed E-state index contributed by atoms with van der Waals surface area (Å²) >= 11 is 0. The molecule has 10 heteroatoms. The molecule has 2 N–H and O–H groups in total. The lowest BCUT2D eigenvalue weighted by atomic mass is 9.97. The average molecular weight is 437 g/mol. The van der Waals surface area contributed by atoms with Gasteiger partial charge in [0.05, 0.1) is 19.3 Å². The number of morpholine rings is 1. The molecule has 1 amide bonds. The number of ether oxygens (including phenoxy) is 1. The first-order chi connectivity index (χ1) is 14.9. The highest BCUT2D eigenvalue weighted by atomic mass is 19.4. The van der Waals surface area contributed by atoms with Crippen molar-refractivity contribution < 1.29 is 22.7 Å². The molecule has 0 aliphatic carbocycles. The van der Waals surface area contributed by atoms with E-state index in [2.05, 4.69) is 20.6 Å². The second kappa shape index (κ2) is 9.27. The first-order valence-electron chi connectivity index (χ1n) is 10.5. The van der Waals surface area contributed by atoms with Crippen LogP contribution >= 0.6 is 0 Å². The normalized spacial score (nSPS) is 21.9. The van der Waals surface area contributed by atoms with Crippen molar-refractivity contribution in [3.8, 4) is 0 Å². The molecule has 2 aliphatic heterocycles. The number of anilines is 1. The summed E-state index contributed by atoms with van der Waals surface area (Å²) in [6, 6.07) is 8.07. The molecule has 168 valence electrons. The summed E-state index contributed by atoms with van der Waals surface area (Å²) in [5, 5.41) is 9.86. The molecular formula is C21H26F3N5O2. The van der Waals surface area contributed by atoms with Gasteiger partial charge in [0.1, 0.15) is 5.82 Å². The second-order valence-corrected chi connectivity index (χ2v) is 7.82. The van der Waals surface area contributed by atoms with E-state index in [-0.39, 0.29) is 17.9 Å². The predicted molar refractivity (Wildman–Crippen MR) is 109 cm³/mol. The van der Waals surface area contributed by atoms with Crippen molar-refractivity contribution in [2.24, 2.45) is 0 Å². The van der Waals surface area contributed by atoms with E-state index in [9.17, 15) is 18.0 Å². The van der Waals surface area contributed by atoms with Crippen LogP contribution in [0.1, 0.15) is 41.0 Å². The topological polar surface area (TPSA) is 71.4 Å². The fourth-order valence-corrected chi connectivity index (χ4v) is 4.01. The zero-order valence-corrected chi connectivity index (χ0v) is 17.1. The predicted octanol–water partition coefficient (Wildman–Crippen LogP) is 3.00. The highest BCUT2D eigenvalue weighted by molar-refractivity contribution is 5.93. The maximum Gasteiger partial charge on any atom is 0.410 e. The molecule has 1 aromatic carbocycles. The van der Waals surface area contributed by atoms with Gasteiger partial charge < -0.3 is 15.4 Å². The Morgan fingerprint density at radius 2 is 1.97 bits per heavy atom. The number of alkyl halides is 3. The second-order valence-electron chi connectivity index (χ2n) is 7.82. The molecular weight excluding hydrogens is 411 g/mol. The Labute approximate surface area is 178 Å². The quantitative estimate of drug-likeness (QED) is 0.680. The summed E-state index contributed by atoms with van der Waals surface area (Å²) in [5.41, 5.74) is 0.746. The lowest BCUT2D eigenvalue weighted by molar-refractivity contribution is -0.173. The van der Waals surface area contributed by atoms with E-state index in [0.29, 0.717) is 19.8 Å². The lowest BCUT2D eigenvalue weighted by Crippen LogP contribution is -2.38. The van der Waals surface area contributed by atoms with E-state index in [1.807, 2.05) is 6.07 Å². The molecule has 0 unspecified atom stereocenters. The number of nitrogens with one attached hydrogen (secondary N) is 2. The van der Waals surface area contributed by atoms with Crippen LogP contribution in [0, 0.1) is 0 Å². The van der Waals surface area contributed by atoms with E-state index in [1.54, 1.807) is 24.3 Å². The van der Waals surface area contributed by atoms with Gasteiger partial charge in [0.15, 0.2) is 11.7 Å². The van der Waals surface area contributed by atoms with Crippen LogP contribution in [0.2, 0.25) is 0 Å². The van der Waals surface area contributed by atoms with Crippen LogP contribution in [-0.2, 0) is 4.74 Å². The number of halogens is 3. The minimum absolute atomic E-state index is 0.0168. The Bertz CT molecular complexity index is 881.